The van der Waals surface area contributed by atoms with Crippen molar-refractivity contribution in [2.24, 2.45) is 0 Å². The molecule has 3 rings (SSSR count). The molecule has 0 N–H and O–H groups in total. The van der Waals surface area contributed by atoms with Crippen molar-refractivity contribution in [3.8, 4) is 0 Å². The van der Waals surface area contributed by atoms with Gasteiger partial charge in [0.15, 0.2) is 17.0 Å². The van der Waals surface area contributed by atoms with Crippen LogP contribution in [0.15, 0.2) is 12.7 Å². The van der Waals surface area contributed by atoms with Crippen LogP contribution in [0.5, 0.6) is 0 Å². The van der Waals surface area contributed by atoms with Gasteiger partial charge in [0.05, 0.1) is 6.33 Å². The van der Waals surface area contributed by atoms with Crippen LogP contribution in [0.3, 0.4) is 0 Å². The Morgan fingerprint density at radius 3 is 2.71 bits per heavy atom. The summed E-state index contributed by atoms with van der Waals surface area (Å²) in [6, 6.07) is 0. The number of anilines is 1. The molecule has 0 unspecified atom stereocenters. The topological polar surface area (TPSA) is 46.8 Å². The molecule has 0 spiro atoms. The first-order chi connectivity index (χ1) is 8.40. The molecule has 0 aliphatic carbocycles. The lowest BCUT2D eigenvalue weighted by molar-refractivity contribution is 0.574. The Balaban J connectivity index is 2.06. The van der Waals surface area contributed by atoms with Gasteiger partial charge < -0.3 is 9.47 Å². The van der Waals surface area contributed by atoms with Crippen molar-refractivity contribution in [2.75, 3.05) is 18.0 Å². The van der Waals surface area contributed by atoms with Crippen LogP contribution in [0.25, 0.3) is 11.2 Å². The zero-order chi connectivity index (χ0) is 11.7. The van der Waals surface area contributed by atoms with Gasteiger partial charge in [-0.25, -0.2) is 15.0 Å². The Labute approximate surface area is 100 Å². The number of rotatable bonds is 2. The summed E-state index contributed by atoms with van der Waals surface area (Å²) in [5, 5.41) is 0. The molecule has 0 atom stereocenters. The highest BCUT2D eigenvalue weighted by Gasteiger charge is 2.17. The van der Waals surface area contributed by atoms with E-state index in [1.165, 1.54) is 19.3 Å². The molecule has 0 bridgehead atoms. The van der Waals surface area contributed by atoms with Gasteiger partial charge in [-0.3, -0.25) is 0 Å². The van der Waals surface area contributed by atoms with Gasteiger partial charge in [0.2, 0.25) is 0 Å². The Morgan fingerprint density at radius 1 is 1.12 bits per heavy atom. The molecule has 2 aromatic heterocycles. The molecule has 1 aliphatic rings. The molecule has 1 fully saturated rings. The first-order valence-corrected chi connectivity index (χ1v) is 6.31. The van der Waals surface area contributed by atoms with Gasteiger partial charge in [-0.2, -0.15) is 0 Å². The average Bonchev–Trinajstić information content (AvgIpc) is 2.82. The van der Waals surface area contributed by atoms with Gasteiger partial charge >= 0.3 is 0 Å². The van der Waals surface area contributed by atoms with Crippen molar-refractivity contribution in [3.63, 3.8) is 0 Å². The molecule has 5 heteroatoms. The molecule has 2 aromatic rings. The number of aromatic nitrogens is 4. The molecule has 0 saturated carbocycles. The van der Waals surface area contributed by atoms with Crippen molar-refractivity contribution >= 4 is 17.0 Å². The van der Waals surface area contributed by atoms with Gasteiger partial charge in [-0.1, -0.05) is 0 Å². The summed E-state index contributed by atoms with van der Waals surface area (Å²) in [5.74, 6) is 1.00. The predicted molar refractivity (Wildman–Crippen MR) is 67.1 cm³/mol. The zero-order valence-electron chi connectivity index (χ0n) is 10.1. The standard InChI is InChI=1S/C12H17N5/c1-2-16-9-15-10-11(16)13-8-14-12(10)17-6-4-3-5-7-17/h8-9H,2-7H2,1H3. The van der Waals surface area contributed by atoms with Crippen molar-refractivity contribution in [3.05, 3.63) is 12.7 Å². The second-order valence-corrected chi connectivity index (χ2v) is 4.45. The molecule has 3 heterocycles. The molecule has 1 saturated heterocycles. The number of hydrogen-bond acceptors (Lipinski definition) is 4. The highest BCUT2D eigenvalue weighted by molar-refractivity contribution is 5.83. The maximum Gasteiger partial charge on any atom is 0.165 e. The van der Waals surface area contributed by atoms with E-state index in [9.17, 15) is 0 Å². The fraction of sp³-hybridized carbons (Fsp3) is 0.583. The van der Waals surface area contributed by atoms with E-state index >= 15 is 0 Å². The van der Waals surface area contributed by atoms with Crippen LogP contribution < -0.4 is 4.90 Å². The third-order valence-electron chi connectivity index (χ3n) is 3.38. The van der Waals surface area contributed by atoms with Crippen molar-refractivity contribution in [1.82, 2.24) is 19.5 Å². The first-order valence-electron chi connectivity index (χ1n) is 6.31. The van der Waals surface area contributed by atoms with Crippen molar-refractivity contribution in [2.45, 2.75) is 32.7 Å². The third-order valence-corrected chi connectivity index (χ3v) is 3.38. The minimum Gasteiger partial charge on any atom is -0.355 e. The number of fused-ring (bicyclic) bond motifs is 1. The fourth-order valence-electron chi connectivity index (χ4n) is 2.44. The van der Waals surface area contributed by atoms with Gasteiger partial charge in [-0.15, -0.1) is 0 Å². The number of piperidine rings is 1. The van der Waals surface area contributed by atoms with E-state index < -0.39 is 0 Å². The lowest BCUT2D eigenvalue weighted by Gasteiger charge is -2.27. The quantitative estimate of drug-likeness (QED) is 0.791. The summed E-state index contributed by atoms with van der Waals surface area (Å²) in [6.07, 6.45) is 7.33. The van der Waals surface area contributed by atoms with Gasteiger partial charge in [0, 0.05) is 19.6 Å². The van der Waals surface area contributed by atoms with E-state index in [0.717, 1.165) is 36.6 Å². The number of imidazole rings is 1. The third kappa shape index (κ3) is 1.75. The van der Waals surface area contributed by atoms with Crippen LogP contribution in [0.1, 0.15) is 26.2 Å². The lowest BCUT2D eigenvalue weighted by atomic mass is 10.1. The van der Waals surface area contributed by atoms with Crippen molar-refractivity contribution < 1.29 is 0 Å². The number of hydrogen-bond donors (Lipinski definition) is 0. The molecule has 0 amide bonds. The minimum atomic E-state index is 0.896. The monoisotopic (exact) mass is 231 g/mol. The van der Waals surface area contributed by atoms with E-state index in [4.69, 9.17) is 0 Å². The van der Waals surface area contributed by atoms with Crippen LogP contribution in [0, 0.1) is 0 Å². The fourth-order valence-corrected chi connectivity index (χ4v) is 2.44. The van der Waals surface area contributed by atoms with E-state index in [1.807, 2.05) is 6.33 Å². The van der Waals surface area contributed by atoms with Gasteiger partial charge in [0.25, 0.3) is 0 Å². The van der Waals surface area contributed by atoms with Crippen LogP contribution in [0.4, 0.5) is 5.82 Å². The lowest BCUT2D eigenvalue weighted by Crippen LogP contribution is -2.30. The largest absolute Gasteiger partial charge is 0.355 e. The van der Waals surface area contributed by atoms with E-state index in [2.05, 4.69) is 31.3 Å². The van der Waals surface area contributed by atoms with Gasteiger partial charge in [0.1, 0.15) is 6.33 Å². The van der Waals surface area contributed by atoms with E-state index in [0.29, 0.717) is 0 Å². The Kier molecular flexibility index (Phi) is 2.66. The molecular weight excluding hydrogens is 214 g/mol. The Morgan fingerprint density at radius 2 is 1.94 bits per heavy atom. The molecule has 17 heavy (non-hydrogen) atoms. The summed E-state index contributed by atoms with van der Waals surface area (Å²) < 4.78 is 2.06. The second kappa shape index (κ2) is 4.31. The van der Waals surface area contributed by atoms with Crippen molar-refractivity contribution in [1.29, 1.82) is 0 Å². The van der Waals surface area contributed by atoms with Crippen LogP contribution in [-0.4, -0.2) is 32.6 Å². The molecule has 0 radical (unpaired) electrons. The maximum atomic E-state index is 4.46. The highest BCUT2D eigenvalue weighted by atomic mass is 15.2. The molecule has 1 aliphatic heterocycles. The predicted octanol–water partition coefficient (Wildman–Crippen LogP) is 1.84. The van der Waals surface area contributed by atoms with Crippen LogP contribution >= 0.6 is 0 Å². The van der Waals surface area contributed by atoms with Crippen LogP contribution in [0.2, 0.25) is 0 Å². The molecule has 5 nitrogen and oxygen atoms in total. The molecule has 0 aromatic carbocycles. The SMILES string of the molecule is CCn1cnc2c(N3CCCCC3)ncnc21. The Hall–Kier alpha value is -1.65. The van der Waals surface area contributed by atoms with Gasteiger partial charge in [-0.05, 0) is 26.2 Å². The minimum absolute atomic E-state index is 0.896. The summed E-state index contributed by atoms with van der Waals surface area (Å²) in [7, 11) is 0. The van der Waals surface area contributed by atoms with E-state index in [1.54, 1.807) is 6.33 Å². The number of aryl methyl sites for hydroxylation is 1. The Bertz CT molecular complexity index is 513. The summed E-state index contributed by atoms with van der Waals surface area (Å²) in [5.41, 5.74) is 1.89. The zero-order valence-corrected chi connectivity index (χ0v) is 10.1. The van der Waals surface area contributed by atoms with E-state index in [-0.39, 0.29) is 0 Å². The number of nitrogens with zero attached hydrogens (tertiary/aromatic N) is 5. The normalized spacial score (nSPS) is 16.6. The maximum absolute atomic E-state index is 4.46. The smallest absolute Gasteiger partial charge is 0.165 e. The highest BCUT2D eigenvalue weighted by Crippen LogP contribution is 2.24. The summed E-state index contributed by atoms with van der Waals surface area (Å²) >= 11 is 0. The summed E-state index contributed by atoms with van der Waals surface area (Å²) in [4.78, 5) is 15.5. The molecule has 90 valence electrons. The molecular formula is C12H17N5. The van der Waals surface area contributed by atoms with Crippen LogP contribution in [-0.2, 0) is 6.54 Å². The average molecular weight is 231 g/mol. The first kappa shape index (κ1) is 10.5. The second-order valence-electron chi connectivity index (χ2n) is 4.45. The summed E-state index contributed by atoms with van der Waals surface area (Å²) in [6.45, 7) is 5.17.